The number of hydrogen-bond donors (Lipinski definition) is 2. The fourth-order valence-electron chi connectivity index (χ4n) is 1.11. The van der Waals surface area contributed by atoms with Gasteiger partial charge in [-0.25, -0.2) is 4.98 Å². The lowest BCUT2D eigenvalue weighted by Crippen LogP contribution is -2.14. The van der Waals surface area contributed by atoms with E-state index in [0.717, 1.165) is 23.6 Å². The molecule has 3 N–H and O–H groups in total. The van der Waals surface area contributed by atoms with Crippen molar-refractivity contribution in [1.29, 1.82) is 0 Å². The molecular weight excluding hydrogens is 190 g/mol. The van der Waals surface area contributed by atoms with Gasteiger partial charge in [0.25, 0.3) is 0 Å². The second-order valence-electron chi connectivity index (χ2n) is 3.77. The first-order chi connectivity index (χ1) is 7.09. The highest BCUT2D eigenvalue weighted by molar-refractivity contribution is 5.53. The number of nitrogens with two attached hydrogens (primary N) is 1. The number of nitrogens with zero attached hydrogens (tertiary/aromatic N) is 1. The normalized spacial score (nSPS) is 10.7. The summed E-state index contributed by atoms with van der Waals surface area (Å²) < 4.78 is 5.40. The van der Waals surface area contributed by atoms with Crippen molar-refractivity contribution in [2.24, 2.45) is 0 Å². The number of nitrogen functional groups attached to an aromatic ring is 1. The van der Waals surface area contributed by atoms with E-state index in [4.69, 9.17) is 10.5 Å². The molecule has 0 amide bonds. The Morgan fingerprint density at radius 2 is 2.27 bits per heavy atom. The van der Waals surface area contributed by atoms with Crippen LogP contribution in [0.4, 0.5) is 11.5 Å². The van der Waals surface area contributed by atoms with E-state index >= 15 is 0 Å². The quantitative estimate of drug-likeness (QED) is 0.726. The number of anilines is 2. The minimum absolute atomic E-state index is 0.267. The first kappa shape index (κ1) is 11.8. The van der Waals surface area contributed by atoms with E-state index in [1.54, 1.807) is 6.20 Å². The molecule has 0 aliphatic heterocycles. The first-order valence-corrected chi connectivity index (χ1v) is 5.17. The molecule has 15 heavy (non-hydrogen) atoms. The van der Waals surface area contributed by atoms with Gasteiger partial charge in [-0.1, -0.05) is 0 Å². The number of aromatic nitrogens is 1. The Morgan fingerprint density at radius 3 is 2.87 bits per heavy atom. The molecule has 0 unspecified atom stereocenters. The van der Waals surface area contributed by atoms with Crippen LogP contribution in [0.15, 0.2) is 12.3 Å². The topological polar surface area (TPSA) is 60.2 Å². The number of aryl methyl sites for hydroxylation is 1. The molecule has 0 radical (unpaired) electrons. The van der Waals surface area contributed by atoms with Crippen molar-refractivity contribution >= 4 is 11.5 Å². The molecule has 4 heteroatoms. The minimum Gasteiger partial charge on any atom is -0.398 e. The van der Waals surface area contributed by atoms with Crippen LogP contribution in [-0.2, 0) is 4.74 Å². The Bertz CT molecular complexity index is 313. The third-order valence-electron chi connectivity index (χ3n) is 2.00. The zero-order chi connectivity index (χ0) is 11.3. The van der Waals surface area contributed by atoms with Gasteiger partial charge in [0.2, 0.25) is 0 Å². The maximum absolute atomic E-state index is 5.76. The standard InChI is InChI=1S/C11H19N3O/c1-8(2)15-5-4-13-11-6-10(12)9(3)7-14-11/h6-8H,4-5H2,1-3H3,(H3,12,13,14). The SMILES string of the molecule is Cc1cnc(NCCOC(C)C)cc1N. The summed E-state index contributed by atoms with van der Waals surface area (Å²) in [4.78, 5) is 4.21. The van der Waals surface area contributed by atoms with Crippen LogP contribution in [0.1, 0.15) is 19.4 Å². The van der Waals surface area contributed by atoms with Crippen molar-refractivity contribution in [3.63, 3.8) is 0 Å². The van der Waals surface area contributed by atoms with E-state index < -0.39 is 0 Å². The van der Waals surface area contributed by atoms with Crippen LogP contribution < -0.4 is 11.1 Å². The molecule has 0 fully saturated rings. The first-order valence-electron chi connectivity index (χ1n) is 5.17. The Hall–Kier alpha value is -1.29. The highest BCUT2D eigenvalue weighted by Crippen LogP contribution is 2.12. The molecular formula is C11H19N3O. The van der Waals surface area contributed by atoms with Crippen molar-refractivity contribution in [3.05, 3.63) is 17.8 Å². The van der Waals surface area contributed by atoms with E-state index in [1.165, 1.54) is 0 Å². The number of rotatable bonds is 5. The lowest BCUT2D eigenvalue weighted by Gasteiger charge is -2.09. The monoisotopic (exact) mass is 209 g/mol. The molecule has 1 aromatic rings. The molecule has 0 aromatic carbocycles. The lowest BCUT2D eigenvalue weighted by atomic mass is 10.2. The predicted octanol–water partition coefficient (Wildman–Crippen LogP) is 1.81. The van der Waals surface area contributed by atoms with E-state index in [2.05, 4.69) is 10.3 Å². The van der Waals surface area contributed by atoms with Gasteiger partial charge in [0.1, 0.15) is 5.82 Å². The van der Waals surface area contributed by atoms with E-state index in [1.807, 2.05) is 26.8 Å². The average molecular weight is 209 g/mol. The van der Waals surface area contributed by atoms with Crippen LogP contribution in [0, 0.1) is 6.92 Å². The second kappa shape index (κ2) is 5.56. The van der Waals surface area contributed by atoms with Gasteiger partial charge in [-0.3, -0.25) is 0 Å². The van der Waals surface area contributed by atoms with E-state index in [0.29, 0.717) is 6.61 Å². The summed E-state index contributed by atoms with van der Waals surface area (Å²) in [5.74, 6) is 0.797. The number of ether oxygens (including phenoxy) is 1. The second-order valence-corrected chi connectivity index (χ2v) is 3.77. The van der Waals surface area contributed by atoms with Crippen LogP contribution in [-0.4, -0.2) is 24.2 Å². The summed E-state index contributed by atoms with van der Waals surface area (Å²) in [7, 11) is 0. The highest BCUT2D eigenvalue weighted by Gasteiger charge is 1.98. The average Bonchev–Trinajstić information content (AvgIpc) is 2.18. The van der Waals surface area contributed by atoms with Gasteiger partial charge in [-0.2, -0.15) is 0 Å². The van der Waals surface area contributed by atoms with Gasteiger partial charge in [0.05, 0.1) is 12.7 Å². The predicted molar refractivity (Wildman–Crippen MR) is 63.0 cm³/mol. The van der Waals surface area contributed by atoms with Gasteiger partial charge in [-0.15, -0.1) is 0 Å². The summed E-state index contributed by atoms with van der Waals surface area (Å²) >= 11 is 0. The molecule has 0 spiro atoms. The summed E-state index contributed by atoms with van der Waals surface area (Å²) in [6, 6.07) is 1.84. The van der Waals surface area contributed by atoms with Crippen LogP contribution in [0.25, 0.3) is 0 Å². The van der Waals surface area contributed by atoms with Gasteiger partial charge in [0, 0.05) is 24.5 Å². The van der Waals surface area contributed by atoms with Gasteiger partial charge < -0.3 is 15.8 Å². The van der Waals surface area contributed by atoms with Crippen molar-refractivity contribution in [1.82, 2.24) is 4.98 Å². The Balaban J connectivity index is 2.35. The summed E-state index contributed by atoms with van der Waals surface area (Å²) in [5, 5.41) is 3.15. The zero-order valence-corrected chi connectivity index (χ0v) is 9.58. The molecule has 0 saturated carbocycles. The van der Waals surface area contributed by atoms with Crippen molar-refractivity contribution < 1.29 is 4.74 Å². The third kappa shape index (κ3) is 4.16. The van der Waals surface area contributed by atoms with E-state index in [-0.39, 0.29) is 6.10 Å². The largest absolute Gasteiger partial charge is 0.398 e. The van der Waals surface area contributed by atoms with Crippen LogP contribution in [0.5, 0.6) is 0 Å². The molecule has 0 aliphatic rings. The lowest BCUT2D eigenvalue weighted by molar-refractivity contribution is 0.0870. The van der Waals surface area contributed by atoms with Gasteiger partial charge in [0.15, 0.2) is 0 Å². The Morgan fingerprint density at radius 1 is 1.53 bits per heavy atom. The molecule has 4 nitrogen and oxygen atoms in total. The molecule has 1 aromatic heterocycles. The summed E-state index contributed by atoms with van der Waals surface area (Å²) in [5.41, 5.74) is 7.52. The van der Waals surface area contributed by atoms with Crippen molar-refractivity contribution in [3.8, 4) is 0 Å². The molecule has 0 bridgehead atoms. The molecule has 0 atom stereocenters. The van der Waals surface area contributed by atoms with Crippen molar-refractivity contribution in [2.45, 2.75) is 26.9 Å². The molecule has 84 valence electrons. The third-order valence-corrected chi connectivity index (χ3v) is 2.00. The zero-order valence-electron chi connectivity index (χ0n) is 9.58. The Labute approximate surface area is 90.8 Å². The van der Waals surface area contributed by atoms with Gasteiger partial charge in [-0.05, 0) is 26.3 Å². The number of pyridine rings is 1. The molecule has 1 heterocycles. The van der Waals surface area contributed by atoms with Crippen LogP contribution in [0.3, 0.4) is 0 Å². The van der Waals surface area contributed by atoms with Crippen LogP contribution in [0.2, 0.25) is 0 Å². The van der Waals surface area contributed by atoms with Gasteiger partial charge >= 0.3 is 0 Å². The van der Waals surface area contributed by atoms with Crippen molar-refractivity contribution in [2.75, 3.05) is 24.2 Å². The summed E-state index contributed by atoms with van der Waals surface area (Å²) in [6.07, 6.45) is 2.03. The minimum atomic E-state index is 0.267. The molecule has 1 rings (SSSR count). The maximum Gasteiger partial charge on any atom is 0.128 e. The fraction of sp³-hybridized carbons (Fsp3) is 0.545. The number of hydrogen-bond acceptors (Lipinski definition) is 4. The molecule has 0 saturated heterocycles. The summed E-state index contributed by atoms with van der Waals surface area (Å²) in [6.45, 7) is 7.39. The van der Waals surface area contributed by atoms with E-state index in [9.17, 15) is 0 Å². The smallest absolute Gasteiger partial charge is 0.128 e. The molecule has 0 aliphatic carbocycles. The number of nitrogens with one attached hydrogen (secondary N) is 1. The highest BCUT2D eigenvalue weighted by atomic mass is 16.5. The fourth-order valence-corrected chi connectivity index (χ4v) is 1.11. The van der Waals surface area contributed by atoms with Crippen LogP contribution >= 0.6 is 0 Å². The maximum atomic E-state index is 5.76. The Kier molecular flexibility index (Phi) is 4.37.